The summed E-state index contributed by atoms with van der Waals surface area (Å²) in [5.41, 5.74) is 0.460. The maximum Gasteiger partial charge on any atom is 0.269 e. The molecule has 3 rings (SSSR count). The van der Waals surface area contributed by atoms with Crippen LogP contribution in [-0.2, 0) is 10.0 Å². The topological polar surface area (TPSA) is 95.8 Å². The molecule has 1 saturated heterocycles. The van der Waals surface area contributed by atoms with Gasteiger partial charge in [0.15, 0.2) is 0 Å². The molecule has 0 spiro atoms. The molecule has 1 heterocycles. The van der Waals surface area contributed by atoms with Gasteiger partial charge in [0.1, 0.15) is 5.82 Å². The Bertz CT molecular complexity index is 945. The first-order chi connectivity index (χ1) is 13.9. The van der Waals surface area contributed by atoms with Crippen molar-refractivity contribution in [1.29, 1.82) is 0 Å². The molecular weight excluding hydrogens is 399 g/mol. The summed E-state index contributed by atoms with van der Waals surface area (Å²) >= 11 is 0. The third-order valence-corrected chi connectivity index (χ3v) is 6.34. The van der Waals surface area contributed by atoms with E-state index in [2.05, 4.69) is 9.62 Å². The van der Waals surface area contributed by atoms with Gasteiger partial charge in [-0.05, 0) is 37.2 Å². The Kier molecular flexibility index (Phi) is 6.78. The van der Waals surface area contributed by atoms with Gasteiger partial charge in [0, 0.05) is 44.9 Å². The molecule has 2 aromatic rings. The van der Waals surface area contributed by atoms with Crippen LogP contribution in [0.4, 0.5) is 15.8 Å². The van der Waals surface area contributed by atoms with Crippen molar-refractivity contribution in [2.24, 2.45) is 0 Å². The number of benzene rings is 2. The Morgan fingerprint density at radius 1 is 1.03 bits per heavy atom. The SMILES string of the molecule is O=[N+]([O-])c1ccc(S(=O)(=O)NCCCN2CCN(c3ccccc3F)CC2)cc1. The number of sulfonamides is 1. The highest BCUT2D eigenvalue weighted by Gasteiger charge is 2.19. The van der Waals surface area contributed by atoms with Crippen LogP contribution in [0, 0.1) is 15.9 Å². The average molecular weight is 422 g/mol. The number of anilines is 1. The molecule has 0 amide bonds. The van der Waals surface area contributed by atoms with E-state index in [0.717, 1.165) is 32.7 Å². The number of hydrogen-bond acceptors (Lipinski definition) is 6. The molecule has 29 heavy (non-hydrogen) atoms. The highest BCUT2D eigenvalue weighted by Crippen LogP contribution is 2.20. The second kappa shape index (κ2) is 9.29. The molecule has 8 nitrogen and oxygen atoms in total. The summed E-state index contributed by atoms with van der Waals surface area (Å²) < 4.78 is 40.9. The number of piperazine rings is 1. The van der Waals surface area contributed by atoms with Crippen molar-refractivity contribution in [2.45, 2.75) is 11.3 Å². The molecule has 1 aliphatic rings. The highest BCUT2D eigenvalue weighted by molar-refractivity contribution is 7.89. The van der Waals surface area contributed by atoms with Crippen LogP contribution in [0.3, 0.4) is 0 Å². The molecule has 1 fully saturated rings. The first-order valence-electron chi connectivity index (χ1n) is 9.33. The number of rotatable bonds is 8. The van der Waals surface area contributed by atoms with Gasteiger partial charge in [0.05, 0.1) is 15.5 Å². The van der Waals surface area contributed by atoms with Gasteiger partial charge in [0.25, 0.3) is 5.69 Å². The quantitative estimate of drug-likeness (QED) is 0.398. The minimum Gasteiger partial charge on any atom is -0.367 e. The summed E-state index contributed by atoms with van der Waals surface area (Å²) in [7, 11) is -3.70. The molecule has 1 aliphatic heterocycles. The van der Waals surface area contributed by atoms with Gasteiger partial charge in [-0.2, -0.15) is 0 Å². The second-order valence-corrected chi connectivity index (χ2v) is 8.55. The lowest BCUT2D eigenvalue weighted by Gasteiger charge is -2.36. The average Bonchev–Trinajstić information content (AvgIpc) is 2.72. The van der Waals surface area contributed by atoms with Crippen LogP contribution in [-0.4, -0.2) is 57.5 Å². The van der Waals surface area contributed by atoms with E-state index < -0.39 is 14.9 Å². The predicted octanol–water partition coefficient (Wildman–Crippen LogP) is 2.22. The minimum absolute atomic E-state index is 0.00148. The number of hydrogen-bond donors (Lipinski definition) is 1. The normalized spacial score (nSPS) is 15.4. The van der Waals surface area contributed by atoms with Crippen LogP contribution in [0.2, 0.25) is 0 Å². The molecule has 156 valence electrons. The van der Waals surface area contributed by atoms with Crippen molar-refractivity contribution in [3.8, 4) is 0 Å². The number of nitro groups is 1. The number of halogens is 1. The third kappa shape index (κ3) is 5.49. The Morgan fingerprint density at radius 3 is 2.31 bits per heavy atom. The van der Waals surface area contributed by atoms with E-state index >= 15 is 0 Å². The van der Waals surface area contributed by atoms with Crippen LogP contribution in [0.5, 0.6) is 0 Å². The summed E-state index contributed by atoms with van der Waals surface area (Å²) in [4.78, 5) is 14.3. The summed E-state index contributed by atoms with van der Waals surface area (Å²) in [6.07, 6.45) is 0.631. The smallest absolute Gasteiger partial charge is 0.269 e. The highest BCUT2D eigenvalue weighted by atomic mass is 32.2. The Labute approximate surface area is 169 Å². The van der Waals surface area contributed by atoms with Gasteiger partial charge >= 0.3 is 0 Å². The van der Waals surface area contributed by atoms with Crippen molar-refractivity contribution < 1.29 is 17.7 Å². The number of nitrogens with zero attached hydrogens (tertiary/aromatic N) is 3. The van der Waals surface area contributed by atoms with Crippen molar-refractivity contribution in [1.82, 2.24) is 9.62 Å². The molecule has 0 aliphatic carbocycles. The molecule has 10 heteroatoms. The van der Waals surface area contributed by atoms with Crippen LogP contribution >= 0.6 is 0 Å². The monoisotopic (exact) mass is 422 g/mol. The Balaban J connectivity index is 1.42. The molecule has 0 radical (unpaired) electrons. The van der Waals surface area contributed by atoms with Crippen molar-refractivity contribution in [3.05, 3.63) is 64.5 Å². The fraction of sp³-hybridized carbons (Fsp3) is 0.368. The molecule has 1 N–H and O–H groups in total. The number of nitrogens with one attached hydrogen (secondary N) is 1. The van der Waals surface area contributed by atoms with Gasteiger partial charge in [-0.15, -0.1) is 0 Å². The van der Waals surface area contributed by atoms with E-state index in [1.165, 1.54) is 30.3 Å². The molecule has 2 aromatic carbocycles. The number of nitro benzene ring substituents is 1. The summed E-state index contributed by atoms with van der Waals surface area (Å²) in [5.74, 6) is -0.221. The largest absolute Gasteiger partial charge is 0.367 e. The van der Waals surface area contributed by atoms with Crippen LogP contribution in [0.15, 0.2) is 53.4 Å². The third-order valence-electron chi connectivity index (χ3n) is 4.87. The predicted molar refractivity (Wildman–Crippen MR) is 108 cm³/mol. The van der Waals surface area contributed by atoms with Crippen molar-refractivity contribution in [3.63, 3.8) is 0 Å². The molecule has 0 atom stereocenters. The first-order valence-corrected chi connectivity index (χ1v) is 10.8. The van der Waals surface area contributed by atoms with E-state index in [1.54, 1.807) is 12.1 Å². The molecule has 0 bridgehead atoms. The van der Waals surface area contributed by atoms with Gasteiger partial charge in [0.2, 0.25) is 10.0 Å². The minimum atomic E-state index is -3.70. The van der Waals surface area contributed by atoms with E-state index in [1.807, 2.05) is 11.0 Å². The maximum absolute atomic E-state index is 13.9. The maximum atomic E-state index is 13.9. The van der Waals surface area contributed by atoms with Crippen LogP contribution in [0.25, 0.3) is 0 Å². The van der Waals surface area contributed by atoms with Crippen LogP contribution in [0.1, 0.15) is 6.42 Å². The van der Waals surface area contributed by atoms with Crippen LogP contribution < -0.4 is 9.62 Å². The summed E-state index contributed by atoms with van der Waals surface area (Å²) in [5, 5.41) is 10.7. The summed E-state index contributed by atoms with van der Waals surface area (Å²) in [6, 6.07) is 11.5. The van der Waals surface area contributed by atoms with Crippen molar-refractivity contribution in [2.75, 3.05) is 44.2 Å². The fourth-order valence-corrected chi connectivity index (χ4v) is 4.33. The fourth-order valence-electron chi connectivity index (χ4n) is 3.26. The summed E-state index contributed by atoms with van der Waals surface area (Å²) in [6.45, 7) is 4.00. The number of non-ortho nitro benzene ring substituents is 1. The van der Waals surface area contributed by atoms with Gasteiger partial charge < -0.3 is 4.90 Å². The zero-order chi connectivity index (χ0) is 20.9. The van der Waals surface area contributed by atoms with E-state index in [0.29, 0.717) is 12.1 Å². The zero-order valence-electron chi connectivity index (χ0n) is 15.8. The molecule has 0 saturated carbocycles. The van der Waals surface area contributed by atoms with Gasteiger partial charge in [-0.1, -0.05) is 12.1 Å². The lowest BCUT2D eigenvalue weighted by Crippen LogP contribution is -2.47. The van der Waals surface area contributed by atoms with E-state index in [9.17, 15) is 22.9 Å². The zero-order valence-corrected chi connectivity index (χ0v) is 16.6. The Hall–Kier alpha value is -2.56. The van der Waals surface area contributed by atoms with E-state index in [4.69, 9.17) is 0 Å². The van der Waals surface area contributed by atoms with Gasteiger partial charge in [-0.25, -0.2) is 17.5 Å². The lowest BCUT2D eigenvalue weighted by molar-refractivity contribution is -0.384. The first kappa shape index (κ1) is 21.2. The van der Waals surface area contributed by atoms with Crippen molar-refractivity contribution >= 4 is 21.4 Å². The molecule has 0 aromatic heterocycles. The number of para-hydroxylation sites is 1. The Morgan fingerprint density at radius 2 is 1.69 bits per heavy atom. The standard InChI is InChI=1S/C19H23FN4O4S/c20-18-4-1-2-5-19(18)23-14-12-22(13-15-23)11-3-10-21-29(27,28)17-8-6-16(7-9-17)24(25)26/h1-2,4-9,21H,3,10-15H2. The molecular formula is C19H23FN4O4S. The van der Waals surface area contributed by atoms with E-state index in [-0.39, 0.29) is 22.9 Å². The van der Waals surface area contributed by atoms with Gasteiger partial charge in [-0.3, -0.25) is 15.0 Å². The lowest BCUT2D eigenvalue weighted by atomic mass is 10.2. The second-order valence-electron chi connectivity index (χ2n) is 6.78. The molecule has 0 unspecified atom stereocenters.